The van der Waals surface area contributed by atoms with Crippen molar-refractivity contribution >= 4 is 11.7 Å². The first-order valence-electron chi connectivity index (χ1n) is 9.09. The monoisotopic (exact) mass is 366 g/mol. The van der Waals surface area contributed by atoms with Gasteiger partial charge in [-0.1, -0.05) is 6.07 Å². The average molecular weight is 366 g/mol. The largest absolute Gasteiger partial charge is 0.393 e. The number of fused-ring (bicyclic) bond motifs is 1. The Hall–Kier alpha value is -2.87. The average Bonchev–Trinajstić information content (AvgIpc) is 3.03. The minimum atomic E-state index is -0.293. The maximum atomic E-state index is 12.9. The van der Waals surface area contributed by atoms with E-state index in [1.807, 2.05) is 38.1 Å². The molecular formula is C19H22N6O2. The predicted molar refractivity (Wildman–Crippen MR) is 98.2 cm³/mol. The number of carbonyl (C=O) groups excluding carboxylic acids is 1. The van der Waals surface area contributed by atoms with Crippen LogP contribution in [0.1, 0.15) is 40.5 Å². The predicted octanol–water partition coefficient (Wildman–Crippen LogP) is 1.25. The van der Waals surface area contributed by atoms with Crippen molar-refractivity contribution in [2.75, 3.05) is 0 Å². The lowest BCUT2D eigenvalue weighted by atomic mass is 9.76. The summed E-state index contributed by atoms with van der Waals surface area (Å²) >= 11 is 0. The zero-order valence-electron chi connectivity index (χ0n) is 15.3. The van der Waals surface area contributed by atoms with E-state index in [-0.39, 0.29) is 29.8 Å². The van der Waals surface area contributed by atoms with Crippen molar-refractivity contribution in [3.05, 3.63) is 53.4 Å². The summed E-state index contributed by atoms with van der Waals surface area (Å²) in [7, 11) is 0. The van der Waals surface area contributed by atoms with Gasteiger partial charge < -0.3 is 10.4 Å². The van der Waals surface area contributed by atoms with Crippen LogP contribution in [-0.2, 0) is 6.42 Å². The lowest BCUT2D eigenvalue weighted by Gasteiger charge is -2.37. The molecule has 8 nitrogen and oxygen atoms in total. The zero-order valence-corrected chi connectivity index (χ0v) is 15.3. The quantitative estimate of drug-likeness (QED) is 0.704. The van der Waals surface area contributed by atoms with Crippen molar-refractivity contribution in [2.24, 2.45) is 5.92 Å². The van der Waals surface area contributed by atoms with Crippen LogP contribution >= 0.6 is 0 Å². The third-order valence-electron chi connectivity index (χ3n) is 5.09. The summed E-state index contributed by atoms with van der Waals surface area (Å²) in [6, 6.07) is 7.50. The molecular weight excluding hydrogens is 344 g/mol. The van der Waals surface area contributed by atoms with E-state index in [0.717, 1.165) is 17.1 Å². The standard InChI is InChI=1S/C19H22N6O2/c1-11-7-12(2)25-17(23-24-19(25)21-11)18(27)22-16(13-8-15(26)9-13)10-14-5-3-4-6-20-14/h3-7,13,15-16,26H,8-10H2,1-2H3,(H,22,27)/t13?,15?,16-/m0/s1. The highest BCUT2D eigenvalue weighted by atomic mass is 16.3. The number of aryl methyl sites for hydroxylation is 2. The molecule has 4 rings (SSSR count). The number of aliphatic hydroxyl groups is 1. The topological polar surface area (TPSA) is 105 Å². The summed E-state index contributed by atoms with van der Waals surface area (Å²) < 4.78 is 1.66. The van der Waals surface area contributed by atoms with Crippen molar-refractivity contribution in [3.63, 3.8) is 0 Å². The highest BCUT2D eigenvalue weighted by molar-refractivity contribution is 5.91. The Morgan fingerprint density at radius 3 is 2.85 bits per heavy atom. The number of hydrogen-bond donors (Lipinski definition) is 2. The molecule has 2 N–H and O–H groups in total. The molecule has 0 bridgehead atoms. The van der Waals surface area contributed by atoms with Gasteiger partial charge in [-0.15, -0.1) is 10.2 Å². The fourth-order valence-corrected chi connectivity index (χ4v) is 3.65. The van der Waals surface area contributed by atoms with Gasteiger partial charge >= 0.3 is 0 Å². The number of nitrogens with zero attached hydrogens (tertiary/aromatic N) is 5. The van der Waals surface area contributed by atoms with Gasteiger partial charge in [-0.25, -0.2) is 4.98 Å². The van der Waals surface area contributed by atoms with Crippen LogP contribution in [0.4, 0.5) is 0 Å². The molecule has 27 heavy (non-hydrogen) atoms. The molecule has 0 aromatic carbocycles. The number of pyridine rings is 1. The molecule has 140 valence electrons. The van der Waals surface area contributed by atoms with Gasteiger partial charge in [-0.3, -0.25) is 14.2 Å². The number of amides is 1. The van der Waals surface area contributed by atoms with Gasteiger partial charge in [0.1, 0.15) is 0 Å². The van der Waals surface area contributed by atoms with Crippen LogP contribution in [0.2, 0.25) is 0 Å². The molecule has 1 amide bonds. The van der Waals surface area contributed by atoms with E-state index < -0.39 is 0 Å². The molecule has 3 heterocycles. The van der Waals surface area contributed by atoms with Crippen molar-refractivity contribution in [1.82, 2.24) is 29.9 Å². The molecule has 0 saturated heterocycles. The fraction of sp³-hybridized carbons (Fsp3) is 0.421. The number of aliphatic hydroxyl groups excluding tert-OH is 1. The molecule has 3 aromatic rings. The SMILES string of the molecule is Cc1cc(C)n2c(C(=O)N[C@@H](Cc3ccccn3)C3CC(O)C3)nnc2n1. The second-order valence-corrected chi connectivity index (χ2v) is 7.19. The van der Waals surface area contributed by atoms with Crippen molar-refractivity contribution < 1.29 is 9.90 Å². The molecule has 0 spiro atoms. The Kier molecular flexibility index (Phi) is 4.57. The normalized spacial score (nSPS) is 20.3. The van der Waals surface area contributed by atoms with Crippen LogP contribution < -0.4 is 5.32 Å². The molecule has 1 saturated carbocycles. The number of rotatable bonds is 5. The van der Waals surface area contributed by atoms with Gasteiger partial charge in [0, 0.05) is 35.7 Å². The first kappa shape index (κ1) is 17.5. The highest BCUT2D eigenvalue weighted by Crippen LogP contribution is 2.31. The van der Waals surface area contributed by atoms with E-state index in [2.05, 4.69) is 25.5 Å². The molecule has 1 atom stereocenters. The maximum absolute atomic E-state index is 12.9. The maximum Gasteiger partial charge on any atom is 0.289 e. The smallest absolute Gasteiger partial charge is 0.289 e. The van der Waals surface area contributed by atoms with Crippen LogP contribution in [-0.4, -0.2) is 47.7 Å². The first-order valence-corrected chi connectivity index (χ1v) is 9.09. The molecule has 8 heteroatoms. The fourth-order valence-electron chi connectivity index (χ4n) is 3.65. The van der Waals surface area contributed by atoms with Gasteiger partial charge in [-0.2, -0.15) is 0 Å². The molecule has 0 radical (unpaired) electrons. The van der Waals surface area contributed by atoms with E-state index in [1.165, 1.54) is 0 Å². The van der Waals surface area contributed by atoms with Gasteiger partial charge in [0.05, 0.1) is 6.10 Å². The minimum Gasteiger partial charge on any atom is -0.393 e. The molecule has 1 aliphatic rings. The van der Waals surface area contributed by atoms with Gasteiger partial charge in [-0.05, 0) is 50.8 Å². The zero-order chi connectivity index (χ0) is 19.0. The van der Waals surface area contributed by atoms with E-state index in [4.69, 9.17) is 0 Å². The third-order valence-corrected chi connectivity index (χ3v) is 5.09. The van der Waals surface area contributed by atoms with Gasteiger partial charge in [0.2, 0.25) is 5.82 Å². The van der Waals surface area contributed by atoms with E-state index >= 15 is 0 Å². The second-order valence-electron chi connectivity index (χ2n) is 7.19. The Bertz CT molecular complexity index is 965. The Labute approximate surface area is 156 Å². The third kappa shape index (κ3) is 3.52. The number of carbonyl (C=O) groups is 1. The lowest BCUT2D eigenvalue weighted by molar-refractivity contribution is 0.0236. The first-order chi connectivity index (χ1) is 13.0. The summed E-state index contributed by atoms with van der Waals surface area (Å²) in [6.07, 6.45) is 3.42. The summed E-state index contributed by atoms with van der Waals surface area (Å²) in [5.74, 6) is 0.559. The van der Waals surface area contributed by atoms with Gasteiger partial charge in [0.25, 0.3) is 11.7 Å². The Morgan fingerprint density at radius 1 is 1.33 bits per heavy atom. The van der Waals surface area contributed by atoms with Crippen LogP contribution in [0.3, 0.4) is 0 Å². The minimum absolute atomic E-state index is 0.123. The molecule has 3 aromatic heterocycles. The molecule has 1 fully saturated rings. The Balaban J connectivity index is 1.58. The molecule has 1 aliphatic carbocycles. The molecule has 0 unspecified atom stereocenters. The number of nitrogens with one attached hydrogen (secondary N) is 1. The van der Waals surface area contributed by atoms with Crippen LogP contribution in [0.15, 0.2) is 30.5 Å². The van der Waals surface area contributed by atoms with Crippen LogP contribution in [0.5, 0.6) is 0 Å². The van der Waals surface area contributed by atoms with Crippen molar-refractivity contribution in [1.29, 1.82) is 0 Å². The summed E-state index contributed by atoms with van der Waals surface area (Å²) in [4.78, 5) is 21.6. The summed E-state index contributed by atoms with van der Waals surface area (Å²) in [6.45, 7) is 3.78. The van der Waals surface area contributed by atoms with Crippen LogP contribution in [0, 0.1) is 19.8 Å². The van der Waals surface area contributed by atoms with E-state index in [1.54, 1.807) is 10.6 Å². The second kappa shape index (κ2) is 7.03. The summed E-state index contributed by atoms with van der Waals surface area (Å²) in [5.41, 5.74) is 2.59. The Morgan fingerprint density at radius 2 is 2.15 bits per heavy atom. The number of hydrogen-bond acceptors (Lipinski definition) is 6. The molecule has 0 aliphatic heterocycles. The van der Waals surface area contributed by atoms with Gasteiger partial charge in [0.15, 0.2) is 0 Å². The van der Waals surface area contributed by atoms with Crippen LogP contribution in [0.25, 0.3) is 5.78 Å². The van der Waals surface area contributed by atoms with E-state index in [9.17, 15) is 9.90 Å². The van der Waals surface area contributed by atoms with E-state index in [0.29, 0.717) is 25.0 Å². The van der Waals surface area contributed by atoms with Crippen molar-refractivity contribution in [2.45, 2.75) is 45.3 Å². The van der Waals surface area contributed by atoms with Crippen molar-refractivity contribution in [3.8, 4) is 0 Å². The summed E-state index contributed by atoms with van der Waals surface area (Å²) in [5, 5.41) is 20.9. The lowest BCUT2D eigenvalue weighted by Crippen LogP contribution is -2.48. The number of aromatic nitrogens is 5. The highest BCUT2D eigenvalue weighted by Gasteiger charge is 2.35.